The van der Waals surface area contributed by atoms with E-state index in [4.69, 9.17) is 9.47 Å². The van der Waals surface area contributed by atoms with E-state index in [9.17, 15) is 4.79 Å². The van der Waals surface area contributed by atoms with Gasteiger partial charge in [-0.3, -0.25) is 4.79 Å². The van der Waals surface area contributed by atoms with E-state index in [-0.39, 0.29) is 11.9 Å². The van der Waals surface area contributed by atoms with Gasteiger partial charge in [-0.2, -0.15) is 0 Å². The number of morpholine rings is 1. The van der Waals surface area contributed by atoms with E-state index in [2.05, 4.69) is 17.2 Å². The number of carbonyl (C=O) groups excluding carboxylic acids is 1. The topological polar surface area (TPSA) is 59.6 Å². The van der Waals surface area contributed by atoms with Crippen molar-refractivity contribution in [1.29, 1.82) is 0 Å². The molecule has 5 heteroatoms. The van der Waals surface area contributed by atoms with Crippen LogP contribution in [0.2, 0.25) is 0 Å². The highest BCUT2D eigenvalue weighted by molar-refractivity contribution is 5.76. The summed E-state index contributed by atoms with van der Waals surface area (Å²) in [5, 5.41) is 6.06. The summed E-state index contributed by atoms with van der Waals surface area (Å²) in [6.07, 6.45) is 3.12. The number of ether oxygens (including phenoxy) is 2. The highest BCUT2D eigenvalue weighted by atomic mass is 16.5. The molecule has 5 nitrogen and oxygen atoms in total. The molecule has 0 aliphatic carbocycles. The van der Waals surface area contributed by atoms with Crippen molar-refractivity contribution < 1.29 is 14.3 Å². The molecular formula is C12H22N2O3. The summed E-state index contributed by atoms with van der Waals surface area (Å²) in [7, 11) is 0. The fourth-order valence-electron chi connectivity index (χ4n) is 1.58. The van der Waals surface area contributed by atoms with Gasteiger partial charge in [0.2, 0.25) is 5.91 Å². The molecule has 98 valence electrons. The van der Waals surface area contributed by atoms with E-state index in [0.29, 0.717) is 32.8 Å². The van der Waals surface area contributed by atoms with Crippen molar-refractivity contribution in [2.45, 2.75) is 18.9 Å². The van der Waals surface area contributed by atoms with Crippen LogP contribution in [0.15, 0.2) is 12.7 Å². The van der Waals surface area contributed by atoms with Gasteiger partial charge >= 0.3 is 0 Å². The Bertz CT molecular complexity index is 228. The molecule has 1 atom stereocenters. The Kier molecular flexibility index (Phi) is 7.62. The van der Waals surface area contributed by atoms with Gasteiger partial charge in [-0.05, 0) is 6.42 Å². The van der Waals surface area contributed by atoms with Crippen LogP contribution < -0.4 is 10.6 Å². The lowest BCUT2D eigenvalue weighted by atomic mass is 10.2. The van der Waals surface area contributed by atoms with Crippen molar-refractivity contribution in [3.05, 3.63) is 12.7 Å². The summed E-state index contributed by atoms with van der Waals surface area (Å²) >= 11 is 0. The number of carbonyl (C=O) groups is 1. The van der Waals surface area contributed by atoms with Gasteiger partial charge in [0.05, 0.1) is 26.4 Å². The largest absolute Gasteiger partial charge is 0.379 e. The molecule has 1 unspecified atom stereocenters. The van der Waals surface area contributed by atoms with E-state index in [1.807, 2.05) is 6.08 Å². The quantitative estimate of drug-likeness (QED) is 0.467. The molecular weight excluding hydrogens is 220 g/mol. The van der Waals surface area contributed by atoms with E-state index in [1.54, 1.807) is 0 Å². The number of amides is 1. The van der Waals surface area contributed by atoms with Crippen LogP contribution in [0.5, 0.6) is 0 Å². The maximum absolute atomic E-state index is 11.5. The van der Waals surface area contributed by atoms with E-state index in [0.717, 1.165) is 19.6 Å². The first-order valence-corrected chi connectivity index (χ1v) is 6.09. The van der Waals surface area contributed by atoms with Crippen molar-refractivity contribution in [1.82, 2.24) is 10.6 Å². The highest BCUT2D eigenvalue weighted by Crippen LogP contribution is 1.97. The van der Waals surface area contributed by atoms with Crippen molar-refractivity contribution in [2.75, 3.05) is 39.5 Å². The summed E-state index contributed by atoms with van der Waals surface area (Å²) in [6, 6.07) is 0.144. The van der Waals surface area contributed by atoms with Crippen molar-refractivity contribution >= 4 is 5.91 Å². The van der Waals surface area contributed by atoms with Gasteiger partial charge in [0, 0.05) is 25.6 Å². The van der Waals surface area contributed by atoms with Gasteiger partial charge in [0.15, 0.2) is 0 Å². The first-order valence-electron chi connectivity index (χ1n) is 6.09. The average molecular weight is 242 g/mol. The van der Waals surface area contributed by atoms with Crippen LogP contribution in [0.25, 0.3) is 0 Å². The molecule has 1 rings (SSSR count). The maximum atomic E-state index is 11.5. The molecule has 0 aromatic heterocycles. The van der Waals surface area contributed by atoms with Gasteiger partial charge in [-0.25, -0.2) is 0 Å². The van der Waals surface area contributed by atoms with Crippen LogP contribution in [0.1, 0.15) is 12.8 Å². The minimum atomic E-state index is 0.0420. The maximum Gasteiger partial charge on any atom is 0.221 e. The Labute approximate surface area is 103 Å². The lowest BCUT2D eigenvalue weighted by molar-refractivity contribution is -0.122. The first kappa shape index (κ1) is 14.2. The van der Waals surface area contributed by atoms with E-state index in [1.165, 1.54) is 0 Å². The minimum Gasteiger partial charge on any atom is -0.379 e. The van der Waals surface area contributed by atoms with Crippen molar-refractivity contribution in [3.63, 3.8) is 0 Å². The summed E-state index contributed by atoms with van der Waals surface area (Å²) in [6.45, 7) is 7.54. The number of nitrogens with one attached hydrogen (secondary N) is 2. The number of hydrogen-bond donors (Lipinski definition) is 2. The number of hydrogen-bond acceptors (Lipinski definition) is 4. The Morgan fingerprint density at radius 2 is 2.47 bits per heavy atom. The Hall–Kier alpha value is -0.910. The predicted octanol–water partition coefficient (Wildman–Crippen LogP) is 0.0738. The van der Waals surface area contributed by atoms with Crippen LogP contribution in [-0.4, -0.2) is 51.5 Å². The second kappa shape index (κ2) is 9.15. The van der Waals surface area contributed by atoms with Gasteiger partial charge in [0.1, 0.15) is 0 Å². The molecule has 1 amide bonds. The summed E-state index contributed by atoms with van der Waals surface area (Å²) < 4.78 is 10.6. The molecule has 1 fully saturated rings. The molecule has 0 aromatic carbocycles. The standard InChI is InChI=1S/C12H22N2O3/c1-2-3-6-16-7-5-14-12(15)9-11-10-17-8-4-13-11/h2,11,13H,1,3-10H2,(H,14,15). The van der Waals surface area contributed by atoms with Gasteiger partial charge < -0.3 is 20.1 Å². The second-order valence-electron chi connectivity index (χ2n) is 3.97. The second-order valence-corrected chi connectivity index (χ2v) is 3.97. The molecule has 1 heterocycles. The zero-order chi connectivity index (χ0) is 12.3. The van der Waals surface area contributed by atoms with Crippen molar-refractivity contribution in [3.8, 4) is 0 Å². The van der Waals surface area contributed by atoms with Gasteiger partial charge in [0.25, 0.3) is 0 Å². The Balaban J connectivity index is 1.95. The van der Waals surface area contributed by atoms with Gasteiger partial charge in [-0.15, -0.1) is 6.58 Å². The van der Waals surface area contributed by atoms with Crippen molar-refractivity contribution in [2.24, 2.45) is 0 Å². The molecule has 0 spiro atoms. The monoisotopic (exact) mass is 242 g/mol. The third-order valence-corrected chi connectivity index (χ3v) is 2.47. The Morgan fingerprint density at radius 3 is 3.18 bits per heavy atom. The smallest absolute Gasteiger partial charge is 0.221 e. The molecule has 0 radical (unpaired) electrons. The molecule has 1 aliphatic rings. The zero-order valence-corrected chi connectivity index (χ0v) is 10.2. The molecule has 2 N–H and O–H groups in total. The zero-order valence-electron chi connectivity index (χ0n) is 10.2. The van der Waals surface area contributed by atoms with Crippen LogP contribution in [0, 0.1) is 0 Å². The van der Waals surface area contributed by atoms with Crippen LogP contribution >= 0.6 is 0 Å². The molecule has 17 heavy (non-hydrogen) atoms. The van der Waals surface area contributed by atoms with Crippen LogP contribution in [-0.2, 0) is 14.3 Å². The van der Waals surface area contributed by atoms with Crippen LogP contribution in [0.3, 0.4) is 0 Å². The molecule has 0 bridgehead atoms. The summed E-state index contributed by atoms with van der Waals surface area (Å²) in [5.41, 5.74) is 0. The molecule has 0 aromatic rings. The SMILES string of the molecule is C=CCCOCCNC(=O)CC1COCCN1. The molecule has 1 saturated heterocycles. The third kappa shape index (κ3) is 7.10. The lowest BCUT2D eigenvalue weighted by Crippen LogP contribution is -2.44. The first-order chi connectivity index (χ1) is 8.33. The fraction of sp³-hybridized carbons (Fsp3) is 0.750. The average Bonchev–Trinajstić information content (AvgIpc) is 2.35. The summed E-state index contributed by atoms with van der Waals surface area (Å²) in [5.74, 6) is 0.0420. The highest BCUT2D eigenvalue weighted by Gasteiger charge is 2.16. The van der Waals surface area contributed by atoms with E-state index < -0.39 is 0 Å². The third-order valence-electron chi connectivity index (χ3n) is 2.47. The van der Waals surface area contributed by atoms with Gasteiger partial charge in [-0.1, -0.05) is 6.08 Å². The normalized spacial score (nSPS) is 19.9. The minimum absolute atomic E-state index is 0.0420. The Morgan fingerprint density at radius 1 is 1.59 bits per heavy atom. The lowest BCUT2D eigenvalue weighted by Gasteiger charge is -2.23. The fourth-order valence-corrected chi connectivity index (χ4v) is 1.58. The van der Waals surface area contributed by atoms with E-state index >= 15 is 0 Å². The molecule has 0 saturated carbocycles. The van der Waals surface area contributed by atoms with Crippen LogP contribution in [0.4, 0.5) is 0 Å². The predicted molar refractivity (Wildman–Crippen MR) is 65.9 cm³/mol. The summed E-state index contributed by atoms with van der Waals surface area (Å²) in [4.78, 5) is 11.5. The number of rotatable bonds is 8. The molecule has 1 aliphatic heterocycles.